The summed E-state index contributed by atoms with van der Waals surface area (Å²) in [7, 11) is 0. The maximum atomic E-state index is 11.8. The number of aromatic nitrogens is 2. The Kier molecular flexibility index (Phi) is 3.17. The molecule has 8 nitrogen and oxygen atoms in total. The summed E-state index contributed by atoms with van der Waals surface area (Å²) in [6.07, 6.45) is -0.000532. The predicted octanol–water partition coefficient (Wildman–Crippen LogP) is 0.775. The van der Waals surface area contributed by atoms with Gasteiger partial charge in [-0.3, -0.25) is 9.89 Å². The van der Waals surface area contributed by atoms with Gasteiger partial charge in [-0.1, -0.05) is 0 Å². The first-order valence-electron chi connectivity index (χ1n) is 5.16. The summed E-state index contributed by atoms with van der Waals surface area (Å²) in [6, 6.07) is 6.61. The van der Waals surface area contributed by atoms with E-state index in [4.69, 9.17) is 20.7 Å². The Morgan fingerprint density at radius 2 is 2.32 bits per heavy atom. The van der Waals surface area contributed by atoms with E-state index in [0.29, 0.717) is 5.69 Å². The van der Waals surface area contributed by atoms with Crippen molar-refractivity contribution in [2.45, 2.75) is 6.42 Å². The molecule has 0 saturated carbocycles. The summed E-state index contributed by atoms with van der Waals surface area (Å²) in [5.74, 6) is -0.417. The van der Waals surface area contributed by atoms with E-state index in [9.17, 15) is 4.79 Å². The monoisotopic (exact) mass is 256 g/mol. The third-order valence-corrected chi connectivity index (χ3v) is 2.29. The Hall–Kier alpha value is -3.26. The van der Waals surface area contributed by atoms with Crippen molar-refractivity contribution in [3.8, 4) is 12.1 Å². The van der Waals surface area contributed by atoms with Crippen molar-refractivity contribution in [1.29, 1.82) is 10.5 Å². The number of amides is 1. The van der Waals surface area contributed by atoms with E-state index >= 15 is 0 Å². The largest absolute Gasteiger partial charge is 0.436 e. The molecule has 0 spiro atoms. The van der Waals surface area contributed by atoms with Crippen molar-refractivity contribution >= 4 is 17.6 Å². The quantitative estimate of drug-likeness (QED) is 0.739. The molecule has 2 rings (SSSR count). The molecule has 0 aliphatic carbocycles. The fourth-order valence-corrected chi connectivity index (χ4v) is 1.44. The highest BCUT2D eigenvalue weighted by Crippen LogP contribution is 2.17. The zero-order valence-corrected chi connectivity index (χ0v) is 9.60. The maximum absolute atomic E-state index is 11.8. The highest BCUT2D eigenvalue weighted by Gasteiger charge is 2.17. The fourth-order valence-electron chi connectivity index (χ4n) is 1.44. The number of hydrogen-bond acceptors (Lipinski definition) is 6. The Morgan fingerprint density at radius 3 is 2.89 bits per heavy atom. The van der Waals surface area contributed by atoms with Crippen LogP contribution in [0.5, 0.6) is 0 Å². The maximum Gasteiger partial charge on any atom is 0.292 e. The summed E-state index contributed by atoms with van der Waals surface area (Å²) in [5.41, 5.74) is 5.82. The van der Waals surface area contributed by atoms with Crippen molar-refractivity contribution in [3.05, 3.63) is 29.2 Å². The van der Waals surface area contributed by atoms with Crippen LogP contribution in [0.25, 0.3) is 0 Å². The molecule has 8 heteroatoms. The first-order chi connectivity index (χ1) is 9.15. The molecule has 0 aliphatic heterocycles. The van der Waals surface area contributed by atoms with Gasteiger partial charge in [-0.15, -0.1) is 0 Å². The Balaban J connectivity index is 2.23. The van der Waals surface area contributed by atoms with Gasteiger partial charge < -0.3 is 15.5 Å². The van der Waals surface area contributed by atoms with Gasteiger partial charge in [-0.25, -0.2) is 0 Å². The lowest BCUT2D eigenvalue weighted by Gasteiger charge is -1.98. The van der Waals surface area contributed by atoms with E-state index in [1.165, 1.54) is 12.1 Å². The van der Waals surface area contributed by atoms with E-state index in [1.807, 2.05) is 12.1 Å². The van der Waals surface area contributed by atoms with E-state index in [2.05, 4.69) is 15.5 Å². The van der Waals surface area contributed by atoms with Crippen LogP contribution in [-0.4, -0.2) is 16.1 Å². The second kappa shape index (κ2) is 4.94. The van der Waals surface area contributed by atoms with Gasteiger partial charge in [0.15, 0.2) is 17.5 Å². The lowest BCUT2D eigenvalue weighted by molar-refractivity contribution is 0.0997. The summed E-state index contributed by atoms with van der Waals surface area (Å²) < 4.78 is 4.94. The molecule has 0 aliphatic rings. The van der Waals surface area contributed by atoms with Crippen LogP contribution >= 0.6 is 0 Å². The highest BCUT2D eigenvalue weighted by atomic mass is 16.4. The summed E-state index contributed by atoms with van der Waals surface area (Å²) in [5, 5.41) is 26.3. The lowest BCUT2D eigenvalue weighted by atomic mass is 10.2. The highest BCUT2D eigenvalue weighted by molar-refractivity contribution is 6.02. The van der Waals surface area contributed by atoms with Gasteiger partial charge in [0.05, 0.1) is 18.2 Å². The van der Waals surface area contributed by atoms with E-state index in [1.54, 1.807) is 0 Å². The molecule has 1 amide bonds. The minimum Gasteiger partial charge on any atom is -0.436 e. The second-order valence-corrected chi connectivity index (χ2v) is 3.53. The molecule has 94 valence electrons. The molecule has 4 N–H and O–H groups in total. The molecule has 0 unspecified atom stereocenters. The van der Waals surface area contributed by atoms with Crippen LogP contribution in [-0.2, 0) is 6.42 Å². The molecule has 0 aromatic carbocycles. The molecule has 2 heterocycles. The summed E-state index contributed by atoms with van der Waals surface area (Å²) in [4.78, 5) is 11.8. The lowest BCUT2D eigenvalue weighted by Crippen LogP contribution is -2.12. The average Bonchev–Trinajstić information content (AvgIpc) is 2.97. The number of rotatable bonds is 3. The number of H-pyrrole nitrogens is 1. The minimum atomic E-state index is -0.580. The summed E-state index contributed by atoms with van der Waals surface area (Å²) in [6.45, 7) is 0. The molecule has 2 aromatic rings. The van der Waals surface area contributed by atoms with Gasteiger partial charge in [-0.05, 0) is 6.07 Å². The number of nitrogens with zero attached hydrogens (tertiary/aromatic N) is 3. The van der Waals surface area contributed by atoms with Crippen LogP contribution in [0.1, 0.15) is 21.8 Å². The normalized spacial score (nSPS) is 9.58. The van der Waals surface area contributed by atoms with Crippen LogP contribution in [0.2, 0.25) is 0 Å². The van der Waals surface area contributed by atoms with Crippen molar-refractivity contribution in [1.82, 2.24) is 10.2 Å². The average molecular weight is 256 g/mol. The molecule has 0 radical (unpaired) electrons. The van der Waals surface area contributed by atoms with Crippen molar-refractivity contribution in [3.63, 3.8) is 0 Å². The second-order valence-electron chi connectivity index (χ2n) is 3.53. The predicted molar refractivity (Wildman–Crippen MR) is 63.7 cm³/mol. The number of nitrogens with one attached hydrogen (secondary N) is 2. The number of nitrogens with two attached hydrogens (primary N) is 1. The first-order valence-corrected chi connectivity index (χ1v) is 5.16. The SMILES string of the molecule is N#CCc1[nH]nc(NC(=O)c2ccc(N)o2)c1C#N. The number of carbonyl (C=O) groups is 1. The number of aromatic amines is 1. The molecule has 0 atom stereocenters. The van der Waals surface area contributed by atoms with Crippen LogP contribution < -0.4 is 11.1 Å². The van der Waals surface area contributed by atoms with Gasteiger partial charge in [0.25, 0.3) is 5.91 Å². The number of hydrogen-bond donors (Lipinski definition) is 3. The van der Waals surface area contributed by atoms with Crippen LogP contribution in [0, 0.1) is 22.7 Å². The topological polar surface area (TPSA) is 145 Å². The van der Waals surface area contributed by atoms with Gasteiger partial charge in [-0.2, -0.15) is 15.6 Å². The minimum absolute atomic E-state index is 0.000532. The fraction of sp³-hybridized carbons (Fsp3) is 0.0909. The van der Waals surface area contributed by atoms with E-state index < -0.39 is 5.91 Å². The Labute approximate surface area is 107 Å². The number of nitriles is 2. The molecular weight excluding hydrogens is 248 g/mol. The number of nitrogen functional groups attached to an aromatic ring is 1. The van der Waals surface area contributed by atoms with Gasteiger partial charge in [0.1, 0.15) is 11.6 Å². The molecule has 19 heavy (non-hydrogen) atoms. The van der Waals surface area contributed by atoms with Crippen molar-refractivity contribution < 1.29 is 9.21 Å². The summed E-state index contributed by atoms with van der Waals surface area (Å²) >= 11 is 0. The standard InChI is InChI=1S/C11H8N6O2/c12-4-3-7-6(5-13)10(17-16-7)15-11(18)8-1-2-9(14)19-8/h1-2H,3,14H2,(H2,15,16,17,18). The van der Waals surface area contributed by atoms with Crippen LogP contribution in [0.15, 0.2) is 16.5 Å². The molecule has 2 aromatic heterocycles. The Bertz CT molecular complexity index is 700. The van der Waals surface area contributed by atoms with E-state index in [-0.39, 0.29) is 29.4 Å². The number of furan rings is 1. The van der Waals surface area contributed by atoms with Crippen molar-refractivity contribution in [2.24, 2.45) is 0 Å². The van der Waals surface area contributed by atoms with Gasteiger partial charge in [0, 0.05) is 6.07 Å². The first kappa shape index (κ1) is 12.2. The molecule has 0 fully saturated rings. The molecular formula is C11H8N6O2. The molecule has 0 bridgehead atoms. The number of carbonyl (C=O) groups excluding carboxylic acids is 1. The Morgan fingerprint density at radius 1 is 1.53 bits per heavy atom. The molecule has 0 saturated heterocycles. The van der Waals surface area contributed by atoms with Crippen molar-refractivity contribution in [2.75, 3.05) is 11.1 Å². The van der Waals surface area contributed by atoms with E-state index in [0.717, 1.165) is 0 Å². The van der Waals surface area contributed by atoms with Gasteiger partial charge in [0.2, 0.25) is 0 Å². The van der Waals surface area contributed by atoms with Gasteiger partial charge >= 0.3 is 0 Å². The third kappa shape index (κ3) is 2.37. The smallest absolute Gasteiger partial charge is 0.292 e. The van der Waals surface area contributed by atoms with Crippen LogP contribution in [0.4, 0.5) is 11.7 Å². The third-order valence-electron chi connectivity index (χ3n) is 2.29. The van der Waals surface area contributed by atoms with Crippen LogP contribution in [0.3, 0.4) is 0 Å². The zero-order chi connectivity index (χ0) is 13.8. The number of anilines is 2. The zero-order valence-electron chi connectivity index (χ0n) is 9.60.